The van der Waals surface area contributed by atoms with Crippen LogP contribution in [0.3, 0.4) is 0 Å². The minimum Gasteiger partial charge on any atom is -0.508 e. The van der Waals surface area contributed by atoms with Gasteiger partial charge in [0.05, 0.1) is 11.7 Å². The zero-order chi connectivity index (χ0) is 23.6. The lowest BCUT2D eigenvalue weighted by atomic mass is 9.97. The third-order valence-electron chi connectivity index (χ3n) is 6.06. The predicted octanol–water partition coefficient (Wildman–Crippen LogP) is 8.20. The van der Waals surface area contributed by atoms with Gasteiger partial charge in [-0.25, -0.2) is 0 Å². The highest BCUT2D eigenvalue weighted by molar-refractivity contribution is 7.00. The molecule has 0 spiro atoms. The van der Waals surface area contributed by atoms with E-state index in [9.17, 15) is 5.11 Å². The molecule has 35 heavy (non-hydrogen) atoms. The van der Waals surface area contributed by atoms with Gasteiger partial charge in [-0.15, -0.1) is 0 Å². The molecule has 0 aliphatic carbocycles. The summed E-state index contributed by atoms with van der Waals surface area (Å²) in [6.07, 6.45) is 0. The van der Waals surface area contributed by atoms with E-state index in [0.29, 0.717) is 0 Å². The molecule has 6 rings (SSSR count). The van der Waals surface area contributed by atoms with Gasteiger partial charge in [0.15, 0.2) is 0 Å². The van der Waals surface area contributed by atoms with Crippen molar-refractivity contribution in [1.82, 2.24) is 8.75 Å². The summed E-state index contributed by atoms with van der Waals surface area (Å²) in [5, 5.41) is 9.65. The molecule has 6 aromatic rings. The molecular weight excluding hydrogens is 450 g/mol. The Morgan fingerprint density at radius 1 is 0.486 bits per heavy atom. The maximum Gasteiger partial charge on any atom is 0.115 e. The molecule has 0 amide bonds. The lowest BCUT2D eigenvalue weighted by Crippen LogP contribution is -2.09. The average Bonchev–Trinajstić information content (AvgIpc) is 3.41. The van der Waals surface area contributed by atoms with E-state index in [1.165, 1.54) is 11.7 Å². The number of phenolic OH excluding ortho intramolecular Hbond substituents is 1. The number of phenols is 1. The molecule has 0 saturated heterocycles. The summed E-state index contributed by atoms with van der Waals surface area (Å²) >= 11 is 1.22. The average molecular weight is 472 g/mol. The van der Waals surface area contributed by atoms with Gasteiger partial charge in [0.25, 0.3) is 0 Å². The Labute approximate surface area is 207 Å². The highest BCUT2D eigenvalue weighted by Gasteiger charge is 2.15. The van der Waals surface area contributed by atoms with Gasteiger partial charge in [-0.2, -0.15) is 8.75 Å². The maximum absolute atomic E-state index is 9.65. The molecule has 0 radical (unpaired) electrons. The van der Waals surface area contributed by atoms with Crippen LogP contribution >= 0.6 is 11.7 Å². The first-order chi connectivity index (χ1) is 17.3. The molecule has 0 saturated carbocycles. The molecule has 168 valence electrons. The number of hydrogen-bond acceptors (Lipinski definition) is 5. The van der Waals surface area contributed by atoms with Crippen LogP contribution in [0.25, 0.3) is 33.3 Å². The number of anilines is 3. The maximum atomic E-state index is 9.65. The number of fused-ring (bicyclic) bond motifs is 1. The molecule has 0 atom stereocenters. The van der Waals surface area contributed by atoms with Crippen LogP contribution in [0, 0.1) is 0 Å². The number of rotatable bonds is 5. The van der Waals surface area contributed by atoms with Gasteiger partial charge in [0, 0.05) is 28.2 Å². The number of aromatic hydroxyl groups is 1. The van der Waals surface area contributed by atoms with Gasteiger partial charge in [0.1, 0.15) is 16.8 Å². The number of nitrogens with zero attached hydrogens (tertiary/aromatic N) is 3. The number of hydrogen-bond donors (Lipinski definition) is 1. The zero-order valence-corrected chi connectivity index (χ0v) is 19.6. The topological polar surface area (TPSA) is 49.2 Å². The smallest absolute Gasteiger partial charge is 0.115 e. The van der Waals surface area contributed by atoms with E-state index in [-0.39, 0.29) is 5.75 Å². The summed E-state index contributed by atoms with van der Waals surface area (Å²) < 4.78 is 9.21. The number of para-hydroxylation sites is 2. The van der Waals surface area contributed by atoms with E-state index in [0.717, 1.165) is 50.3 Å². The van der Waals surface area contributed by atoms with Crippen LogP contribution in [-0.2, 0) is 0 Å². The van der Waals surface area contributed by atoms with Gasteiger partial charge < -0.3 is 10.0 Å². The van der Waals surface area contributed by atoms with Gasteiger partial charge in [-0.3, -0.25) is 0 Å². The normalized spacial score (nSPS) is 11.0. The third kappa shape index (κ3) is 4.03. The molecule has 1 heterocycles. The molecule has 1 N–H and O–H groups in total. The first kappa shape index (κ1) is 21.1. The molecule has 0 fully saturated rings. The second kappa shape index (κ2) is 9.05. The molecule has 5 heteroatoms. The molecule has 5 aromatic carbocycles. The van der Waals surface area contributed by atoms with Gasteiger partial charge >= 0.3 is 0 Å². The fraction of sp³-hybridized carbons (Fsp3) is 0. The quantitative estimate of drug-likeness (QED) is 0.275. The summed E-state index contributed by atoms with van der Waals surface area (Å²) in [6.45, 7) is 0. The van der Waals surface area contributed by atoms with Crippen molar-refractivity contribution in [2.75, 3.05) is 4.90 Å². The van der Waals surface area contributed by atoms with Crippen molar-refractivity contribution in [2.45, 2.75) is 0 Å². The fourth-order valence-electron chi connectivity index (χ4n) is 4.36. The second-order valence-electron chi connectivity index (χ2n) is 8.22. The van der Waals surface area contributed by atoms with Crippen molar-refractivity contribution in [3.8, 4) is 28.0 Å². The van der Waals surface area contributed by atoms with E-state index in [4.69, 9.17) is 0 Å². The fourth-order valence-corrected chi connectivity index (χ4v) is 4.94. The second-order valence-corrected chi connectivity index (χ2v) is 8.75. The Hall–Kier alpha value is -4.48. The summed E-state index contributed by atoms with van der Waals surface area (Å²) in [5.41, 5.74) is 9.20. The Morgan fingerprint density at radius 3 is 1.40 bits per heavy atom. The van der Waals surface area contributed by atoms with E-state index in [2.05, 4.69) is 98.6 Å². The first-order valence-corrected chi connectivity index (χ1v) is 12.1. The van der Waals surface area contributed by atoms with Crippen molar-refractivity contribution in [1.29, 1.82) is 0 Å². The monoisotopic (exact) mass is 471 g/mol. The molecule has 4 nitrogen and oxygen atoms in total. The van der Waals surface area contributed by atoms with Gasteiger partial charge in [-0.05, 0) is 59.7 Å². The van der Waals surface area contributed by atoms with Crippen molar-refractivity contribution < 1.29 is 5.11 Å². The molecule has 0 aliphatic heterocycles. The zero-order valence-electron chi connectivity index (χ0n) is 18.7. The Balaban J connectivity index is 1.40. The van der Waals surface area contributed by atoms with Crippen LogP contribution in [0.5, 0.6) is 5.75 Å². The van der Waals surface area contributed by atoms with Crippen molar-refractivity contribution in [3.05, 3.63) is 121 Å². The van der Waals surface area contributed by atoms with Crippen LogP contribution < -0.4 is 4.90 Å². The SMILES string of the molecule is Oc1ccc(-c2ccc(-c3ccc(N(c4ccccc4)c4ccccc4)cc3)c3nsnc23)cc1. The molecule has 1 aromatic heterocycles. The largest absolute Gasteiger partial charge is 0.508 e. The van der Waals surface area contributed by atoms with E-state index >= 15 is 0 Å². The lowest BCUT2D eigenvalue weighted by molar-refractivity contribution is 0.475. The van der Waals surface area contributed by atoms with Crippen LogP contribution in [0.4, 0.5) is 17.1 Å². The minimum absolute atomic E-state index is 0.248. The summed E-state index contributed by atoms with van der Waals surface area (Å²) in [7, 11) is 0. The summed E-state index contributed by atoms with van der Waals surface area (Å²) in [4.78, 5) is 2.25. The van der Waals surface area contributed by atoms with Gasteiger partial charge in [-0.1, -0.05) is 72.8 Å². The summed E-state index contributed by atoms with van der Waals surface area (Å²) in [5.74, 6) is 0.248. The van der Waals surface area contributed by atoms with Crippen LogP contribution in [-0.4, -0.2) is 13.9 Å². The van der Waals surface area contributed by atoms with Crippen LogP contribution in [0.1, 0.15) is 0 Å². The van der Waals surface area contributed by atoms with Crippen LogP contribution in [0.15, 0.2) is 121 Å². The van der Waals surface area contributed by atoms with E-state index in [1.54, 1.807) is 12.1 Å². The van der Waals surface area contributed by atoms with Crippen molar-refractivity contribution in [3.63, 3.8) is 0 Å². The minimum atomic E-state index is 0.248. The highest BCUT2D eigenvalue weighted by Crippen LogP contribution is 2.38. The lowest BCUT2D eigenvalue weighted by Gasteiger charge is -2.25. The third-order valence-corrected chi connectivity index (χ3v) is 6.59. The molecule has 0 unspecified atom stereocenters. The van der Waals surface area contributed by atoms with Crippen LogP contribution in [0.2, 0.25) is 0 Å². The van der Waals surface area contributed by atoms with Crippen molar-refractivity contribution in [2.24, 2.45) is 0 Å². The first-order valence-electron chi connectivity index (χ1n) is 11.3. The van der Waals surface area contributed by atoms with Crippen molar-refractivity contribution >= 4 is 39.8 Å². The Bertz CT molecular complexity index is 1540. The number of aromatic nitrogens is 2. The molecule has 0 aliphatic rings. The summed E-state index contributed by atoms with van der Waals surface area (Å²) in [6, 6.07) is 40.7. The highest BCUT2D eigenvalue weighted by atomic mass is 32.1. The predicted molar refractivity (Wildman–Crippen MR) is 145 cm³/mol. The molecule has 0 bridgehead atoms. The molecular formula is C30H21N3OS. The Morgan fingerprint density at radius 2 is 0.914 bits per heavy atom. The van der Waals surface area contributed by atoms with Gasteiger partial charge in [0.2, 0.25) is 0 Å². The van der Waals surface area contributed by atoms with E-state index in [1.807, 2.05) is 24.3 Å². The van der Waals surface area contributed by atoms with E-state index < -0.39 is 0 Å². The standard InChI is InChI=1S/C30H21N3OS/c34-26-17-13-22(14-18-26)28-20-19-27(29-30(28)32-35-31-29)21-11-15-25(16-12-21)33(23-7-3-1-4-8-23)24-9-5-2-6-10-24/h1-20,34H. The Kier molecular flexibility index (Phi) is 5.45. The number of benzene rings is 5.